The first-order valence-corrected chi connectivity index (χ1v) is 8.22. The molecule has 1 aliphatic carbocycles. The van der Waals surface area contributed by atoms with Crippen LogP contribution in [0.3, 0.4) is 0 Å². The van der Waals surface area contributed by atoms with Crippen molar-refractivity contribution in [2.24, 2.45) is 11.8 Å². The number of aromatic nitrogens is 2. The zero-order valence-electron chi connectivity index (χ0n) is 13.7. The minimum Gasteiger partial charge on any atom is -0.342 e. The molecule has 22 heavy (non-hydrogen) atoms. The van der Waals surface area contributed by atoms with Crippen LogP contribution in [0.2, 0.25) is 0 Å². The van der Waals surface area contributed by atoms with Gasteiger partial charge < -0.3 is 4.90 Å². The van der Waals surface area contributed by atoms with E-state index in [9.17, 15) is 9.59 Å². The number of hydrogen-bond acceptors (Lipinski definition) is 3. The van der Waals surface area contributed by atoms with Crippen molar-refractivity contribution >= 4 is 5.91 Å². The molecule has 3 rings (SSSR count). The fourth-order valence-corrected chi connectivity index (χ4v) is 3.00. The number of likely N-dealkylation sites (tertiary alicyclic amines) is 1. The van der Waals surface area contributed by atoms with Crippen LogP contribution in [0.5, 0.6) is 0 Å². The van der Waals surface area contributed by atoms with E-state index in [0.29, 0.717) is 18.4 Å². The lowest BCUT2D eigenvalue weighted by atomic mass is 9.83. The van der Waals surface area contributed by atoms with E-state index in [1.165, 1.54) is 6.42 Å². The summed E-state index contributed by atoms with van der Waals surface area (Å²) in [5.41, 5.74) is 0.798. The second kappa shape index (κ2) is 5.52. The molecule has 1 saturated carbocycles. The van der Waals surface area contributed by atoms with Gasteiger partial charge in [-0.15, -0.1) is 0 Å². The average molecular weight is 303 g/mol. The van der Waals surface area contributed by atoms with Crippen LogP contribution in [-0.4, -0.2) is 33.7 Å². The molecule has 0 bridgehead atoms. The van der Waals surface area contributed by atoms with Gasteiger partial charge in [-0.1, -0.05) is 27.2 Å². The van der Waals surface area contributed by atoms with Crippen LogP contribution in [0.1, 0.15) is 45.7 Å². The molecule has 0 radical (unpaired) electrons. The Morgan fingerprint density at radius 1 is 1.27 bits per heavy atom. The molecule has 1 aromatic rings. The van der Waals surface area contributed by atoms with Crippen LogP contribution < -0.4 is 5.56 Å². The Balaban J connectivity index is 1.60. The highest BCUT2D eigenvalue weighted by atomic mass is 16.2. The van der Waals surface area contributed by atoms with E-state index in [2.05, 4.69) is 25.9 Å². The van der Waals surface area contributed by atoms with Crippen LogP contribution in [0.4, 0.5) is 0 Å². The van der Waals surface area contributed by atoms with E-state index < -0.39 is 0 Å². The topological polar surface area (TPSA) is 55.2 Å². The normalized spacial score (nSPS) is 19.7. The van der Waals surface area contributed by atoms with E-state index in [4.69, 9.17) is 0 Å². The summed E-state index contributed by atoms with van der Waals surface area (Å²) in [6, 6.07) is 3.41. The van der Waals surface area contributed by atoms with Gasteiger partial charge in [-0.05, 0) is 18.9 Å². The molecule has 0 unspecified atom stereocenters. The second-order valence-electron chi connectivity index (χ2n) is 7.73. The number of amides is 1. The number of carbonyl (C=O) groups is 1. The molecule has 0 aromatic carbocycles. The van der Waals surface area contributed by atoms with Gasteiger partial charge in [-0.25, -0.2) is 4.68 Å². The monoisotopic (exact) mass is 303 g/mol. The SMILES string of the molecule is CC(C)(C)c1ccc(=O)n(CC2CN(C(=O)C3CCC3)C2)n1. The summed E-state index contributed by atoms with van der Waals surface area (Å²) in [5.74, 6) is 0.932. The van der Waals surface area contributed by atoms with Crippen molar-refractivity contribution in [2.45, 2.75) is 52.0 Å². The molecule has 0 spiro atoms. The lowest BCUT2D eigenvalue weighted by Gasteiger charge is -2.42. The standard InChI is InChI=1S/C17H25N3O2/c1-17(2,3)14-7-8-15(21)20(18-14)11-12-9-19(10-12)16(22)13-5-4-6-13/h7-8,12-13H,4-6,9-11H2,1-3H3. The lowest BCUT2D eigenvalue weighted by Crippen LogP contribution is -2.54. The third-order valence-electron chi connectivity index (χ3n) is 4.79. The van der Waals surface area contributed by atoms with Crippen molar-refractivity contribution in [2.75, 3.05) is 13.1 Å². The summed E-state index contributed by atoms with van der Waals surface area (Å²) >= 11 is 0. The Bertz CT molecular complexity index is 620. The van der Waals surface area contributed by atoms with Crippen molar-refractivity contribution in [3.05, 3.63) is 28.2 Å². The van der Waals surface area contributed by atoms with Crippen molar-refractivity contribution in [1.29, 1.82) is 0 Å². The van der Waals surface area contributed by atoms with Gasteiger partial charge in [0.25, 0.3) is 5.56 Å². The molecule has 2 heterocycles. The third-order valence-corrected chi connectivity index (χ3v) is 4.79. The molecule has 1 aliphatic heterocycles. The zero-order valence-corrected chi connectivity index (χ0v) is 13.7. The fraction of sp³-hybridized carbons (Fsp3) is 0.706. The first-order chi connectivity index (χ1) is 10.3. The summed E-state index contributed by atoms with van der Waals surface area (Å²) < 4.78 is 1.57. The van der Waals surface area contributed by atoms with Gasteiger partial charge in [-0.3, -0.25) is 9.59 Å². The molecule has 2 fully saturated rings. The van der Waals surface area contributed by atoms with Gasteiger partial charge in [0.05, 0.1) is 12.2 Å². The highest BCUT2D eigenvalue weighted by molar-refractivity contribution is 5.80. The Hall–Kier alpha value is -1.65. The molecular formula is C17H25N3O2. The number of nitrogens with zero attached hydrogens (tertiary/aromatic N) is 3. The molecule has 0 N–H and O–H groups in total. The summed E-state index contributed by atoms with van der Waals surface area (Å²) in [4.78, 5) is 26.0. The predicted octanol–water partition coefficient (Wildman–Crippen LogP) is 1.80. The molecule has 2 aliphatic rings. The third kappa shape index (κ3) is 2.94. The van der Waals surface area contributed by atoms with Crippen molar-refractivity contribution in [1.82, 2.24) is 14.7 Å². The maximum Gasteiger partial charge on any atom is 0.266 e. The highest BCUT2D eigenvalue weighted by Gasteiger charge is 2.36. The summed E-state index contributed by atoms with van der Waals surface area (Å²) in [7, 11) is 0. The van der Waals surface area contributed by atoms with Crippen molar-refractivity contribution < 1.29 is 4.79 Å². The van der Waals surface area contributed by atoms with Crippen LogP contribution >= 0.6 is 0 Å². The van der Waals surface area contributed by atoms with Gasteiger partial charge in [0.1, 0.15) is 0 Å². The fourth-order valence-electron chi connectivity index (χ4n) is 3.00. The van der Waals surface area contributed by atoms with Crippen LogP contribution in [0, 0.1) is 11.8 Å². The van der Waals surface area contributed by atoms with Crippen LogP contribution in [0.25, 0.3) is 0 Å². The highest BCUT2D eigenvalue weighted by Crippen LogP contribution is 2.31. The Morgan fingerprint density at radius 3 is 2.50 bits per heavy atom. The average Bonchev–Trinajstić information content (AvgIpc) is 2.31. The van der Waals surface area contributed by atoms with E-state index in [1.54, 1.807) is 10.7 Å². The second-order valence-corrected chi connectivity index (χ2v) is 7.73. The molecule has 1 amide bonds. The number of hydrogen-bond donors (Lipinski definition) is 0. The summed E-state index contributed by atoms with van der Waals surface area (Å²) in [6.07, 6.45) is 3.29. The quantitative estimate of drug-likeness (QED) is 0.855. The molecule has 5 heteroatoms. The smallest absolute Gasteiger partial charge is 0.266 e. The van der Waals surface area contributed by atoms with E-state index in [1.807, 2.05) is 11.0 Å². The Kier molecular flexibility index (Phi) is 3.83. The number of rotatable bonds is 3. The van der Waals surface area contributed by atoms with E-state index in [0.717, 1.165) is 31.6 Å². The minimum atomic E-state index is -0.0682. The molecule has 5 nitrogen and oxygen atoms in total. The Morgan fingerprint density at radius 2 is 1.95 bits per heavy atom. The van der Waals surface area contributed by atoms with E-state index in [-0.39, 0.29) is 16.9 Å². The summed E-state index contributed by atoms with van der Waals surface area (Å²) in [6.45, 7) is 8.41. The van der Waals surface area contributed by atoms with Crippen LogP contribution in [0.15, 0.2) is 16.9 Å². The van der Waals surface area contributed by atoms with Crippen LogP contribution in [-0.2, 0) is 16.8 Å². The molecule has 1 saturated heterocycles. The van der Waals surface area contributed by atoms with Gasteiger partial charge in [0, 0.05) is 36.4 Å². The van der Waals surface area contributed by atoms with Gasteiger partial charge >= 0.3 is 0 Å². The molecular weight excluding hydrogens is 278 g/mol. The lowest BCUT2D eigenvalue weighted by molar-refractivity contribution is -0.145. The predicted molar refractivity (Wildman–Crippen MR) is 84.6 cm³/mol. The van der Waals surface area contributed by atoms with Gasteiger partial charge in [-0.2, -0.15) is 5.10 Å². The Labute approximate surface area is 131 Å². The van der Waals surface area contributed by atoms with Crippen molar-refractivity contribution in [3.63, 3.8) is 0 Å². The number of carbonyl (C=O) groups excluding carboxylic acids is 1. The van der Waals surface area contributed by atoms with E-state index >= 15 is 0 Å². The van der Waals surface area contributed by atoms with Crippen molar-refractivity contribution in [3.8, 4) is 0 Å². The molecule has 120 valence electrons. The maximum absolute atomic E-state index is 12.1. The first kappa shape index (κ1) is 15.3. The first-order valence-electron chi connectivity index (χ1n) is 8.22. The molecule has 1 aromatic heterocycles. The minimum absolute atomic E-state index is 0.0585. The molecule has 0 atom stereocenters. The zero-order chi connectivity index (χ0) is 15.9. The summed E-state index contributed by atoms with van der Waals surface area (Å²) in [5, 5.41) is 4.50. The van der Waals surface area contributed by atoms with Gasteiger partial charge in [0.2, 0.25) is 5.91 Å². The van der Waals surface area contributed by atoms with Gasteiger partial charge in [0.15, 0.2) is 0 Å². The largest absolute Gasteiger partial charge is 0.342 e. The maximum atomic E-state index is 12.1.